The molecule has 1 fully saturated rings. The molecule has 1 unspecified atom stereocenters. The van der Waals surface area contributed by atoms with Crippen molar-refractivity contribution in [1.82, 2.24) is 0 Å². The van der Waals surface area contributed by atoms with Crippen molar-refractivity contribution in [1.29, 1.82) is 0 Å². The number of hydrogen-bond acceptors (Lipinski definition) is 4. The van der Waals surface area contributed by atoms with Crippen molar-refractivity contribution in [3.05, 3.63) is 34.9 Å². The highest BCUT2D eigenvalue weighted by atomic mass is 35.5. The molecular weight excluding hydrogens is 280 g/mol. The van der Waals surface area contributed by atoms with E-state index in [0.717, 1.165) is 5.56 Å². The molecule has 1 aromatic rings. The molecule has 0 saturated heterocycles. The van der Waals surface area contributed by atoms with Gasteiger partial charge in [0.1, 0.15) is 0 Å². The lowest BCUT2D eigenvalue weighted by Crippen LogP contribution is -2.31. The molecule has 4 nitrogen and oxygen atoms in total. The molecule has 20 heavy (non-hydrogen) atoms. The van der Waals surface area contributed by atoms with Crippen molar-refractivity contribution in [2.24, 2.45) is 5.41 Å². The van der Waals surface area contributed by atoms with Crippen LogP contribution in [0.15, 0.2) is 24.3 Å². The summed E-state index contributed by atoms with van der Waals surface area (Å²) >= 11 is 5.85. The summed E-state index contributed by atoms with van der Waals surface area (Å²) in [5.74, 6) is -1.20. The highest BCUT2D eigenvalue weighted by Crippen LogP contribution is 2.60. The topological polar surface area (TPSA) is 52.6 Å². The van der Waals surface area contributed by atoms with Gasteiger partial charge in [-0.3, -0.25) is 9.59 Å². The zero-order chi connectivity index (χ0) is 14.8. The van der Waals surface area contributed by atoms with Gasteiger partial charge in [-0.25, -0.2) is 0 Å². The minimum absolute atomic E-state index is 0.196. The molecule has 0 radical (unpaired) electrons. The number of halogens is 1. The third-order valence-corrected chi connectivity index (χ3v) is 3.76. The first-order valence-electron chi connectivity index (χ1n) is 6.66. The minimum Gasteiger partial charge on any atom is -0.465 e. The van der Waals surface area contributed by atoms with Gasteiger partial charge in [0.25, 0.3) is 0 Å². The molecule has 5 heteroatoms. The maximum absolute atomic E-state index is 12.1. The Morgan fingerprint density at radius 1 is 1.15 bits per heavy atom. The van der Waals surface area contributed by atoms with Gasteiger partial charge in [-0.2, -0.15) is 0 Å². The van der Waals surface area contributed by atoms with Crippen molar-refractivity contribution in [2.45, 2.75) is 26.2 Å². The molecule has 108 valence electrons. The van der Waals surface area contributed by atoms with Gasteiger partial charge in [0, 0.05) is 10.9 Å². The monoisotopic (exact) mass is 296 g/mol. The lowest BCUT2D eigenvalue weighted by atomic mass is 9.99. The lowest BCUT2D eigenvalue weighted by Gasteiger charge is -2.14. The summed E-state index contributed by atoms with van der Waals surface area (Å²) in [6.07, 6.45) is 0.423. The van der Waals surface area contributed by atoms with Crippen molar-refractivity contribution in [3.63, 3.8) is 0 Å². The lowest BCUT2D eigenvalue weighted by molar-refractivity contribution is -0.164. The molecule has 0 spiro atoms. The Balaban J connectivity index is 2.25. The predicted octanol–water partition coefficient (Wildman–Crippen LogP) is 2.94. The number of ether oxygens (including phenoxy) is 2. The molecule has 1 aromatic carbocycles. The maximum atomic E-state index is 12.1. The SMILES string of the molecule is CCOC(=O)C1(C(=O)OCC)CC1c1ccc(Cl)cc1. The largest absolute Gasteiger partial charge is 0.465 e. The second-order valence-corrected chi connectivity index (χ2v) is 5.16. The molecule has 1 saturated carbocycles. The average molecular weight is 297 g/mol. The number of carbonyl (C=O) groups is 2. The van der Waals surface area contributed by atoms with Crippen molar-refractivity contribution in [3.8, 4) is 0 Å². The fraction of sp³-hybridized carbons (Fsp3) is 0.467. The molecule has 1 atom stereocenters. The van der Waals surface area contributed by atoms with Crippen LogP contribution in [0.1, 0.15) is 31.7 Å². The number of carbonyl (C=O) groups excluding carboxylic acids is 2. The number of benzene rings is 1. The van der Waals surface area contributed by atoms with E-state index in [4.69, 9.17) is 21.1 Å². The molecule has 2 rings (SSSR count). The summed E-state index contributed by atoms with van der Waals surface area (Å²) in [5, 5.41) is 0.618. The summed E-state index contributed by atoms with van der Waals surface area (Å²) in [6, 6.07) is 7.15. The van der Waals surface area contributed by atoms with Crippen LogP contribution in [0, 0.1) is 5.41 Å². The first kappa shape index (κ1) is 14.9. The molecular formula is C15H17ClO4. The van der Waals surface area contributed by atoms with Crippen LogP contribution in [-0.2, 0) is 19.1 Å². The van der Waals surface area contributed by atoms with Crippen LogP contribution in [0.2, 0.25) is 5.02 Å². The summed E-state index contributed by atoms with van der Waals surface area (Å²) in [4.78, 5) is 24.3. The molecule has 0 heterocycles. The van der Waals surface area contributed by atoms with Crippen LogP contribution in [-0.4, -0.2) is 25.2 Å². The second-order valence-electron chi connectivity index (χ2n) is 4.72. The van der Waals surface area contributed by atoms with E-state index in [1.165, 1.54) is 0 Å². The van der Waals surface area contributed by atoms with Gasteiger partial charge in [0.2, 0.25) is 0 Å². The zero-order valence-corrected chi connectivity index (χ0v) is 12.3. The van der Waals surface area contributed by atoms with E-state index in [1.54, 1.807) is 26.0 Å². The van der Waals surface area contributed by atoms with E-state index in [9.17, 15) is 9.59 Å². The van der Waals surface area contributed by atoms with E-state index in [-0.39, 0.29) is 19.1 Å². The third kappa shape index (κ3) is 2.52. The molecule has 0 aliphatic heterocycles. The summed E-state index contributed by atoms with van der Waals surface area (Å²) in [7, 11) is 0. The van der Waals surface area contributed by atoms with E-state index in [0.29, 0.717) is 11.4 Å². The molecule has 0 bridgehead atoms. The quantitative estimate of drug-likeness (QED) is 0.619. The Kier molecular flexibility index (Phi) is 4.33. The molecule has 1 aliphatic carbocycles. The van der Waals surface area contributed by atoms with Gasteiger partial charge in [-0.05, 0) is 38.0 Å². The van der Waals surface area contributed by atoms with Crippen molar-refractivity contribution < 1.29 is 19.1 Å². The van der Waals surface area contributed by atoms with Crippen molar-refractivity contribution in [2.75, 3.05) is 13.2 Å². The van der Waals surface area contributed by atoms with Gasteiger partial charge in [0.05, 0.1) is 13.2 Å². The van der Waals surface area contributed by atoms with Crippen molar-refractivity contribution >= 4 is 23.5 Å². The number of hydrogen-bond donors (Lipinski definition) is 0. The average Bonchev–Trinajstić information content (AvgIpc) is 3.17. The van der Waals surface area contributed by atoms with Crippen LogP contribution in [0.4, 0.5) is 0 Å². The van der Waals surface area contributed by atoms with E-state index in [1.807, 2.05) is 12.1 Å². The minimum atomic E-state index is -1.18. The smallest absolute Gasteiger partial charge is 0.324 e. The van der Waals surface area contributed by atoms with Gasteiger partial charge in [0.15, 0.2) is 5.41 Å². The predicted molar refractivity (Wildman–Crippen MR) is 74.5 cm³/mol. The molecule has 0 aromatic heterocycles. The highest BCUT2D eigenvalue weighted by molar-refractivity contribution is 6.30. The first-order chi connectivity index (χ1) is 9.56. The standard InChI is InChI=1S/C15H17ClO4/c1-3-19-13(17)15(14(18)20-4-2)9-12(15)10-5-7-11(16)8-6-10/h5-8,12H,3-4,9H2,1-2H3. The highest BCUT2D eigenvalue weighted by Gasteiger charge is 2.68. The van der Waals surface area contributed by atoms with Crippen LogP contribution < -0.4 is 0 Å². The third-order valence-electron chi connectivity index (χ3n) is 3.51. The fourth-order valence-corrected chi connectivity index (χ4v) is 2.54. The van der Waals surface area contributed by atoms with E-state index in [2.05, 4.69) is 0 Å². The van der Waals surface area contributed by atoms with Crippen LogP contribution in [0.3, 0.4) is 0 Å². The Hall–Kier alpha value is -1.55. The van der Waals surface area contributed by atoms with E-state index >= 15 is 0 Å². The Bertz CT molecular complexity index is 491. The van der Waals surface area contributed by atoms with Crippen LogP contribution in [0.25, 0.3) is 0 Å². The summed E-state index contributed by atoms with van der Waals surface area (Å²) < 4.78 is 10.1. The molecule has 0 N–H and O–H groups in total. The normalized spacial score (nSPS) is 19.2. The maximum Gasteiger partial charge on any atom is 0.324 e. The number of esters is 2. The molecule has 1 aliphatic rings. The van der Waals surface area contributed by atoms with Gasteiger partial charge >= 0.3 is 11.9 Å². The van der Waals surface area contributed by atoms with Crippen LogP contribution >= 0.6 is 11.6 Å². The Labute approximate surface area is 123 Å². The number of rotatable bonds is 5. The Morgan fingerprint density at radius 3 is 2.10 bits per heavy atom. The second kappa shape index (κ2) is 5.83. The van der Waals surface area contributed by atoms with E-state index < -0.39 is 17.4 Å². The zero-order valence-electron chi connectivity index (χ0n) is 11.5. The molecule has 0 amide bonds. The van der Waals surface area contributed by atoms with Gasteiger partial charge in [-0.1, -0.05) is 23.7 Å². The summed E-state index contributed by atoms with van der Waals surface area (Å²) in [5.41, 5.74) is -0.282. The van der Waals surface area contributed by atoms with Gasteiger partial charge < -0.3 is 9.47 Å². The fourth-order valence-electron chi connectivity index (χ4n) is 2.41. The Morgan fingerprint density at radius 2 is 1.65 bits per heavy atom. The summed E-state index contributed by atoms with van der Waals surface area (Å²) in [6.45, 7) is 3.92. The first-order valence-corrected chi connectivity index (χ1v) is 7.04. The van der Waals surface area contributed by atoms with Gasteiger partial charge in [-0.15, -0.1) is 0 Å². The van der Waals surface area contributed by atoms with Crippen LogP contribution in [0.5, 0.6) is 0 Å².